The van der Waals surface area contributed by atoms with Gasteiger partial charge in [0, 0.05) is 25.5 Å². The molecule has 0 radical (unpaired) electrons. The Bertz CT molecular complexity index is 760. The van der Waals surface area contributed by atoms with Gasteiger partial charge in [0.1, 0.15) is 11.2 Å². The highest BCUT2D eigenvalue weighted by Crippen LogP contribution is 2.22. The van der Waals surface area contributed by atoms with Gasteiger partial charge in [-0.2, -0.15) is 0 Å². The maximum Gasteiger partial charge on any atom is 0.270 e. The van der Waals surface area contributed by atoms with E-state index >= 15 is 0 Å². The van der Waals surface area contributed by atoms with Gasteiger partial charge >= 0.3 is 0 Å². The van der Waals surface area contributed by atoms with Crippen molar-refractivity contribution in [2.45, 2.75) is 45.1 Å². The molecule has 3 rings (SSSR count). The quantitative estimate of drug-likeness (QED) is 0.855. The summed E-state index contributed by atoms with van der Waals surface area (Å²) >= 11 is 0. The third kappa shape index (κ3) is 2.63. The lowest BCUT2D eigenvalue weighted by Gasteiger charge is -2.31. The minimum Gasteiger partial charge on any atom is -0.339 e. The number of amides is 1. The Morgan fingerprint density at radius 3 is 2.73 bits per heavy atom. The second-order valence-corrected chi connectivity index (χ2v) is 6.12. The molecule has 1 saturated carbocycles. The molecule has 2 aromatic heterocycles. The molecule has 1 aliphatic carbocycles. The molecule has 0 spiro atoms. The van der Waals surface area contributed by atoms with Crippen molar-refractivity contribution >= 4 is 11.6 Å². The van der Waals surface area contributed by atoms with Crippen molar-refractivity contribution < 1.29 is 4.79 Å². The molecule has 0 unspecified atom stereocenters. The van der Waals surface area contributed by atoms with Gasteiger partial charge in [-0.15, -0.1) is 0 Å². The monoisotopic (exact) mass is 299 g/mol. The van der Waals surface area contributed by atoms with E-state index in [2.05, 4.69) is 4.98 Å². The maximum absolute atomic E-state index is 12.7. The molecule has 1 amide bonds. The summed E-state index contributed by atoms with van der Waals surface area (Å²) in [6.45, 7) is 1.91. The van der Waals surface area contributed by atoms with Crippen LogP contribution in [0.4, 0.5) is 0 Å². The Labute approximate surface area is 129 Å². The van der Waals surface area contributed by atoms with Crippen molar-refractivity contribution in [2.75, 3.05) is 7.05 Å². The molecule has 0 N–H and O–H groups in total. The van der Waals surface area contributed by atoms with E-state index in [0.29, 0.717) is 5.65 Å². The molecule has 1 fully saturated rings. The van der Waals surface area contributed by atoms with E-state index in [-0.39, 0.29) is 23.1 Å². The molecule has 5 nitrogen and oxygen atoms in total. The van der Waals surface area contributed by atoms with E-state index in [0.717, 1.165) is 31.2 Å². The summed E-state index contributed by atoms with van der Waals surface area (Å²) in [6, 6.07) is 3.92. The average molecular weight is 299 g/mol. The molecule has 2 heterocycles. The third-order valence-corrected chi connectivity index (χ3v) is 4.52. The number of hydrogen-bond donors (Lipinski definition) is 0. The van der Waals surface area contributed by atoms with Gasteiger partial charge in [-0.3, -0.25) is 14.0 Å². The topological polar surface area (TPSA) is 54.7 Å². The predicted molar refractivity (Wildman–Crippen MR) is 85.2 cm³/mol. The Balaban J connectivity index is 1.96. The number of hydrogen-bond acceptors (Lipinski definition) is 3. The van der Waals surface area contributed by atoms with Gasteiger partial charge in [-0.25, -0.2) is 4.98 Å². The summed E-state index contributed by atoms with van der Waals surface area (Å²) in [7, 11) is 1.79. The minimum absolute atomic E-state index is 0.149. The molecule has 0 saturated heterocycles. The summed E-state index contributed by atoms with van der Waals surface area (Å²) in [4.78, 5) is 31.2. The number of carbonyl (C=O) groups is 1. The summed E-state index contributed by atoms with van der Waals surface area (Å²) in [6.07, 6.45) is 8.70. The first-order valence-electron chi connectivity index (χ1n) is 7.83. The zero-order chi connectivity index (χ0) is 15.7. The lowest BCUT2D eigenvalue weighted by atomic mass is 9.94. The van der Waals surface area contributed by atoms with E-state index in [1.165, 1.54) is 17.0 Å². The average Bonchev–Trinajstić information content (AvgIpc) is 2.55. The second kappa shape index (κ2) is 5.91. The van der Waals surface area contributed by atoms with Crippen LogP contribution in [0.2, 0.25) is 0 Å². The van der Waals surface area contributed by atoms with E-state index < -0.39 is 0 Å². The Morgan fingerprint density at radius 2 is 2.00 bits per heavy atom. The van der Waals surface area contributed by atoms with Crippen LogP contribution in [0.1, 0.15) is 48.0 Å². The molecule has 0 bridgehead atoms. The van der Waals surface area contributed by atoms with Crippen LogP contribution in [0.3, 0.4) is 0 Å². The van der Waals surface area contributed by atoms with E-state index in [1.807, 2.05) is 13.0 Å². The minimum atomic E-state index is -0.290. The molecule has 1 aliphatic rings. The molecular weight excluding hydrogens is 278 g/mol. The fourth-order valence-electron chi connectivity index (χ4n) is 3.15. The van der Waals surface area contributed by atoms with Gasteiger partial charge in [0.25, 0.3) is 11.5 Å². The van der Waals surface area contributed by atoms with Crippen LogP contribution in [0, 0.1) is 6.92 Å². The molecule has 2 aromatic rings. The SMILES string of the molecule is Cc1ccc2ncc(C(=O)N(C)C3CCCCC3)c(=O)n2c1. The summed E-state index contributed by atoms with van der Waals surface area (Å²) < 4.78 is 1.46. The smallest absolute Gasteiger partial charge is 0.270 e. The highest BCUT2D eigenvalue weighted by molar-refractivity contribution is 5.93. The standard InChI is InChI=1S/C17H21N3O2/c1-12-8-9-15-18-10-14(17(22)20(15)11-12)16(21)19(2)13-6-4-3-5-7-13/h8-11,13H,3-7H2,1-2H3. The summed E-state index contributed by atoms with van der Waals surface area (Å²) in [5, 5.41) is 0. The van der Waals surface area contributed by atoms with Crippen molar-refractivity contribution in [1.82, 2.24) is 14.3 Å². The van der Waals surface area contributed by atoms with Gasteiger partial charge in [-0.1, -0.05) is 25.3 Å². The number of aryl methyl sites for hydroxylation is 1. The number of pyridine rings is 1. The first-order valence-corrected chi connectivity index (χ1v) is 7.83. The van der Waals surface area contributed by atoms with Gasteiger partial charge in [0.05, 0.1) is 0 Å². The highest BCUT2D eigenvalue weighted by atomic mass is 16.2. The highest BCUT2D eigenvalue weighted by Gasteiger charge is 2.25. The Kier molecular flexibility index (Phi) is 3.96. The number of fused-ring (bicyclic) bond motifs is 1. The van der Waals surface area contributed by atoms with Crippen LogP contribution in [-0.4, -0.2) is 33.3 Å². The van der Waals surface area contributed by atoms with Crippen molar-refractivity contribution in [3.8, 4) is 0 Å². The molecule has 116 valence electrons. The second-order valence-electron chi connectivity index (χ2n) is 6.12. The van der Waals surface area contributed by atoms with Crippen molar-refractivity contribution in [1.29, 1.82) is 0 Å². The Hall–Kier alpha value is -2.17. The number of rotatable bonds is 2. The molecule has 22 heavy (non-hydrogen) atoms. The van der Waals surface area contributed by atoms with Crippen molar-refractivity contribution in [3.05, 3.63) is 46.0 Å². The third-order valence-electron chi connectivity index (χ3n) is 4.52. The van der Waals surface area contributed by atoms with Crippen LogP contribution in [-0.2, 0) is 0 Å². The van der Waals surface area contributed by atoms with E-state index in [9.17, 15) is 9.59 Å². The fraction of sp³-hybridized carbons (Fsp3) is 0.471. The van der Waals surface area contributed by atoms with Gasteiger partial charge in [0.2, 0.25) is 0 Å². The predicted octanol–water partition coefficient (Wildman–Crippen LogP) is 2.41. The first kappa shape index (κ1) is 14.8. The van der Waals surface area contributed by atoms with Crippen LogP contribution in [0.5, 0.6) is 0 Å². The van der Waals surface area contributed by atoms with Gasteiger partial charge in [0.15, 0.2) is 0 Å². The van der Waals surface area contributed by atoms with Crippen molar-refractivity contribution in [3.63, 3.8) is 0 Å². The Morgan fingerprint density at radius 1 is 1.27 bits per heavy atom. The van der Waals surface area contributed by atoms with Crippen molar-refractivity contribution in [2.24, 2.45) is 0 Å². The number of carbonyl (C=O) groups excluding carboxylic acids is 1. The van der Waals surface area contributed by atoms with Crippen LogP contribution < -0.4 is 5.56 Å². The summed E-state index contributed by atoms with van der Waals surface area (Å²) in [5.74, 6) is -0.222. The molecule has 0 atom stereocenters. The van der Waals surface area contributed by atoms with E-state index in [4.69, 9.17) is 0 Å². The molecule has 0 aromatic carbocycles. The molecular formula is C17H21N3O2. The van der Waals surface area contributed by atoms with Crippen LogP contribution >= 0.6 is 0 Å². The largest absolute Gasteiger partial charge is 0.339 e. The van der Waals surface area contributed by atoms with Crippen LogP contribution in [0.15, 0.2) is 29.3 Å². The van der Waals surface area contributed by atoms with E-state index in [1.54, 1.807) is 24.2 Å². The maximum atomic E-state index is 12.7. The van der Waals surface area contributed by atoms with Crippen LogP contribution in [0.25, 0.3) is 5.65 Å². The normalized spacial score (nSPS) is 15.9. The lowest BCUT2D eigenvalue weighted by molar-refractivity contribution is 0.0694. The van der Waals surface area contributed by atoms with Gasteiger partial charge in [-0.05, 0) is 31.4 Å². The zero-order valence-electron chi connectivity index (χ0n) is 13.1. The fourth-order valence-corrected chi connectivity index (χ4v) is 3.15. The summed E-state index contributed by atoms with van der Waals surface area (Å²) in [5.41, 5.74) is 1.38. The number of nitrogens with zero attached hydrogens (tertiary/aromatic N) is 3. The first-order chi connectivity index (χ1) is 10.6. The molecule has 0 aliphatic heterocycles. The zero-order valence-corrected chi connectivity index (χ0v) is 13.1. The lowest BCUT2D eigenvalue weighted by Crippen LogP contribution is -2.41. The van der Waals surface area contributed by atoms with Gasteiger partial charge < -0.3 is 4.90 Å². The molecule has 5 heteroatoms. The number of aromatic nitrogens is 2.